The van der Waals surface area contributed by atoms with Crippen molar-refractivity contribution in [2.75, 3.05) is 13.7 Å². The van der Waals surface area contributed by atoms with Crippen molar-refractivity contribution in [2.45, 2.75) is 64.8 Å². The molecule has 0 aliphatic rings. The summed E-state index contributed by atoms with van der Waals surface area (Å²) in [5.41, 5.74) is 4.95. The Hall–Kier alpha value is -4.07. The number of hydrogen-bond donors (Lipinski definition) is 4. The standard InChI is InChI=1S/C31H38N4O4/c1-20(36)9-5-4-6-12-29(31(38)32-16-15-22-19-33-27-11-8-7-10-24(22)27)35-30(37)18-25-21(2)34-28-14-13-23(39-3)17-26(25)28/h7-8,10-11,13-14,17,19,29,33-34H,4-6,9,12,15-16,18H2,1-3H3,(H,32,38)(H,35,37)/t29-/m0/s1. The van der Waals surface area contributed by atoms with Crippen molar-refractivity contribution in [1.82, 2.24) is 20.6 Å². The lowest BCUT2D eigenvalue weighted by Gasteiger charge is -2.19. The third-order valence-electron chi connectivity index (χ3n) is 7.21. The van der Waals surface area contributed by atoms with E-state index < -0.39 is 6.04 Å². The number of para-hydroxylation sites is 1. The molecule has 2 amide bonds. The Morgan fingerprint density at radius 1 is 1.00 bits per heavy atom. The summed E-state index contributed by atoms with van der Waals surface area (Å²) >= 11 is 0. The topological polar surface area (TPSA) is 116 Å². The Morgan fingerprint density at radius 2 is 1.82 bits per heavy atom. The maximum Gasteiger partial charge on any atom is 0.242 e. The number of rotatable bonds is 14. The van der Waals surface area contributed by atoms with Gasteiger partial charge < -0.3 is 30.1 Å². The highest BCUT2D eigenvalue weighted by atomic mass is 16.5. The van der Waals surface area contributed by atoms with Gasteiger partial charge in [0.05, 0.1) is 13.5 Å². The second-order valence-corrected chi connectivity index (χ2v) is 10.1. The highest BCUT2D eigenvalue weighted by Crippen LogP contribution is 2.27. The van der Waals surface area contributed by atoms with Crippen LogP contribution < -0.4 is 15.4 Å². The largest absolute Gasteiger partial charge is 0.497 e. The van der Waals surface area contributed by atoms with Crippen molar-refractivity contribution >= 4 is 39.4 Å². The average Bonchev–Trinajstić information content (AvgIpc) is 3.47. The molecule has 0 saturated heterocycles. The van der Waals surface area contributed by atoms with Gasteiger partial charge >= 0.3 is 0 Å². The Balaban J connectivity index is 1.39. The number of methoxy groups -OCH3 is 1. The molecule has 8 heteroatoms. The van der Waals surface area contributed by atoms with Gasteiger partial charge in [-0.2, -0.15) is 0 Å². The van der Waals surface area contributed by atoms with Crippen LogP contribution in [-0.4, -0.2) is 47.3 Å². The molecule has 206 valence electrons. The number of nitrogens with one attached hydrogen (secondary N) is 4. The summed E-state index contributed by atoms with van der Waals surface area (Å²) in [6.45, 7) is 4.00. The minimum absolute atomic E-state index is 0.155. The lowest BCUT2D eigenvalue weighted by Crippen LogP contribution is -2.47. The van der Waals surface area contributed by atoms with Crippen LogP contribution in [0.25, 0.3) is 21.8 Å². The van der Waals surface area contributed by atoms with Gasteiger partial charge in [0, 0.05) is 46.7 Å². The van der Waals surface area contributed by atoms with Crippen molar-refractivity contribution in [1.29, 1.82) is 0 Å². The number of aromatic nitrogens is 2. The fourth-order valence-corrected chi connectivity index (χ4v) is 5.07. The molecule has 0 unspecified atom stereocenters. The van der Waals surface area contributed by atoms with E-state index in [-0.39, 0.29) is 24.0 Å². The number of amides is 2. The summed E-state index contributed by atoms with van der Waals surface area (Å²) in [7, 11) is 1.62. The van der Waals surface area contributed by atoms with Crippen molar-refractivity contribution in [3.63, 3.8) is 0 Å². The third kappa shape index (κ3) is 7.28. The number of hydrogen-bond acceptors (Lipinski definition) is 4. The van der Waals surface area contributed by atoms with Gasteiger partial charge in [0.15, 0.2) is 0 Å². The van der Waals surface area contributed by atoms with Crippen molar-refractivity contribution in [3.8, 4) is 5.75 Å². The molecule has 0 bridgehead atoms. The third-order valence-corrected chi connectivity index (χ3v) is 7.21. The Bertz CT molecular complexity index is 1450. The van der Waals surface area contributed by atoms with Gasteiger partial charge in [-0.15, -0.1) is 0 Å². The van der Waals surface area contributed by atoms with Crippen LogP contribution in [-0.2, 0) is 27.2 Å². The van der Waals surface area contributed by atoms with Crippen LogP contribution in [0.15, 0.2) is 48.7 Å². The van der Waals surface area contributed by atoms with Crippen molar-refractivity contribution < 1.29 is 19.1 Å². The lowest BCUT2D eigenvalue weighted by molar-refractivity contribution is -0.128. The normalized spacial score (nSPS) is 12.0. The van der Waals surface area contributed by atoms with E-state index in [2.05, 4.69) is 26.7 Å². The molecule has 0 fully saturated rings. The molecule has 8 nitrogen and oxygen atoms in total. The molecular formula is C31H38N4O4. The maximum absolute atomic E-state index is 13.2. The van der Waals surface area contributed by atoms with E-state index in [0.29, 0.717) is 25.8 Å². The van der Waals surface area contributed by atoms with Gasteiger partial charge in [0.25, 0.3) is 0 Å². The van der Waals surface area contributed by atoms with E-state index in [1.54, 1.807) is 14.0 Å². The van der Waals surface area contributed by atoms with Crippen LogP contribution in [0, 0.1) is 6.92 Å². The van der Waals surface area contributed by atoms with E-state index in [1.165, 1.54) is 0 Å². The van der Waals surface area contributed by atoms with E-state index in [0.717, 1.165) is 63.6 Å². The zero-order valence-electron chi connectivity index (χ0n) is 23.0. The van der Waals surface area contributed by atoms with Crippen molar-refractivity contribution in [2.24, 2.45) is 0 Å². The number of Topliss-reactive ketones (excluding diaryl/α,β-unsaturated/α-hetero) is 1. The predicted octanol–water partition coefficient (Wildman–Crippen LogP) is 4.89. The fourth-order valence-electron chi connectivity index (χ4n) is 5.07. The lowest BCUT2D eigenvalue weighted by atomic mass is 10.0. The quantitative estimate of drug-likeness (QED) is 0.174. The zero-order valence-corrected chi connectivity index (χ0v) is 23.0. The second kappa shape index (κ2) is 13.1. The molecule has 4 rings (SSSR count). The molecule has 4 aromatic rings. The van der Waals surface area contributed by atoms with E-state index in [4.69, 9.17) is 4.74 Å². The summed E-state index contributed by atoms with van der Waals surface area (Å²) in [6, 6.07) is 13.2. The predicted molar refractivity (Wildman–Crippen MR) is 154 cm³/mol. The summed E-state index contributed by atoms with van der Waals surface area (Å²) in [6.07, 6.45) is 6.24. The number of fused-ring (bicyclic) bond motifs is 2. The van der Waals surface area contributed by atoms with Gasteiger partial charge in [0.2, 0.25) is 11.8 Å². The average molecular weight is 531 g/mol. The van der Waals surface area contributed by atoms with Crippen LogP contribution in [0.5, 0.6) is 5.75 Å². The molecule has 4 N–H and O–H groups in total. The molecule has 39 heavy (non-hydrogen) atoms. The summed E-state index contributed by atoms with van der Waals surface area (Å²) < 4.78 is 5.36. The Morgan fingerprint density at radius 3 is 2.62 bits per heavy atom. The van der Waals surface area contributed by atoms with Gasteiger partial charge in [-0.3, -0.25) is 9.59 Å². The molecule has 0 spiro atoms. The number of carbonyl (C=O) groups excluding carboxylic acids is 3. The minimum atomic E-state index is -0.641. The summed E-state index contributed by atoms with van der Waals surface area (Å²) in [4.78, 5) is 44.2. The number of benzene rings is 2. The van der Waals surface area contributed by atoms with Gasteiger partial charge in [-0.25, -0.2) is 0 Å². The first kappa shape index (κ1) is 28.0. The van der Waals surface area contributed by atoms with Gasteiger partial charge in [-0.1, -0.05) is 31.0 Å². The fraction of sp³-hybridized carbons (Fsp3) is 0.387. The number of ether oxygens (including phenoxy) is 1. The van der Waals surface area contributed by atoms with E-state index >= 15 is 0 Å². The van der Waals surface area contributed by atoms with Crippen LogP contribution in [0.4, 0.5) is 0 Å². The summed E-state index contributed by atoms with van der Waals surface area (Å²) in [5, 5.41) is 8.08. The zero-order chi connectivity index (χ0) is 27.8. The Labute approximate surface area is 228 Å². The highest BCUT2D eigenvalue weighted by Gasteiger charge is 2.22. The molecule has 0 saturated carbocycles. The first-order chi connectivity index (χ1) is 18.9. The highest BCUT2D eigenvalue weighted by molar-refractivity contribution is 5.93. The number of ketones is 1. The Kier molecular flexibility index (Phi) is 9.41. The van der Waals surface area contributed by atoms with E-state index in [9.17, 15) is 14.4 Å². The molecule has 2 aromatic carbocycles. The molecule has 2 heterocycles. The van der Waals surface area contributed by atoms with Gasteiger partial charge in [-0.05, 0) is 68.5 Å². The number of unbranched alkanes of at least 4 members (excludes halogenated alkanes) is 2. The van der Waals surface area contributed by atoms with Gasteiger partial charge in [0.1, 0.15) is 17.6 Å². The molecule has 0 radical (unpaired) electrons. The minimum Gasteiger partial charge on any atom is -0.497 e. The first-order valence-corrected chi connectivity index (χ1v) is 13.6. The number of carbonyl (C=O) groups is 3. The van der Waals surface area contributed by atoms with E-state index in [1.807, 2.05) is 49.5 Å². The number of aryl methyl sites for hydroxylation is 1. The molecule has 0 aliphatic carbocycles. The van der Waals surface area contributed by atoms with Crippen molar-refractivity contribution in [3.05, 3.63) is 65.5 Å². The molecular weight excluding hydrogens is 492 g/mol. The second-order valence-electron chi connectivity index (χ2n) is 10.1. The number of H-pyrrole nitrogens is 2. The SMILES string of the molecule is COc1ccc2[nH]c(C)c(CC(=O)N[C@@H](CCCCCC(C)=O)C(=O)NCCc3c[nH]c4ccccc34)c2c1. The van der Waals surface area contributed by atoms with Crippen LogP contribution in [0.3, 0.4) is 0 Å². The van der Waals surface area contributed by atoms with Crippen LogP contribution in [0.1, 0.15) is 55.8 Å². The van der Waals surface area contributed by atoms with Crippen LogP contribution >= 0.6 is 0 Å². The molecule has 1 atom stereocenters. The van der Waals surface area contributed by atoms with Crippen LogP contribution in [0.2, 0.25) is 0 Å². The molecule has 2 aromatic heterocycles. The smallest absolute Gasteiger partial charge is 0.242 e. The first-order valence-electron chi connectivity index (χ1n) is 13.6. The summed E-state index contributed by atoms with van der Waals surface area (Å²) in [5.74, 6) is 0.496. The monoisotopic (exact) mass is 530 g/mol. The maximum atomic E-state index is 13.2. The number of aromatic amines is 2. The molecule has 0 aliphatic heterocycles.